The molecule has 2 rings (SSSR count). The summed E-state index contributed by atoms with van der Waals surface area (Å²) in [6.45, 7) is 0.653. The van der Waals surface area contributed by atoms with E-state index in [0.29, 0.717) is 18.2 Å². The first-order valence-electron chi connectivity index (χ1n) is 6.21. The lowest BCUT2D eigenvalue weighted by Gasteiger charge is -2.11. The minimum absolute atomic E-state index is 0.0144. The minimum Gasteiger partial charge on any atom is -0.478 e. The number of aromatic carboxylic acids is 1. The van der Waals surface area contributed by atoms with Gasteiger partial charge < -0.3 is 15.7 Å². The van der Waals surface area contributed by atoms with Crippen molar-refractivity contribution in [3.05, 3.63) is 28.8 Å². The Balaban J connectivity index is 1.87. The summed E-state index contributed by atoms with van der Waals surface area (Å²) in [5, 5.41) is 14.4. The monoisotopic (exact) mass is 314 g/mol. The molecule has 1 heterocycles. The second-order valence-corrected chi connectivity index (χ2v) is 6.12. The van der Waals surface area contributed by atoms with Crippen LogP contribution in [-0.4, -0.2) is 35.2 Å². The molecule has 1 fully saturated rings. The zero-order valence-corrected chi connectivity index (χ0v) is 12.3. The lowest BCUT2D eigenvalue weighted by Crippen LogP contribution is -2.33. The molecule has 0 radical (unpaired) electrons. The van der Waals surface area contributed by atoms with Gasteiger partial charge in [-0.15, -0.1) is 0 Å². The van der Waals surface area contributed by atoms with Crippen LogP contribution in [0.5, 0.6) is 0 Å². The Morgan fingerprint density at radius 1 is 1.45 bits per heavy atom. The van der Waals surface area contributed by atoms with E-state index in [1.54, 1.807) is 0 Å². The SMILES string of the molecule is O=C(NCC1CCSC1)Nc1ccc(C(=O)O)c(Cl)c1. The van der Waals surface area contributed by atoms with Crippen LogP contribution in [0.1, 0.15) is 16.8 Å². The van der Waals surface area contributed by atoms with Crippen molar-refractivity contribution >= 4 is 41.1 Å². The average Bonchev–Trinajstić information content (AvgIpc) is 2.89. The number of carboxylic acid groups (broad SMARTS) is 1. The summed E-state index contributed by atoms with van der Waals surface area (Å²) >= 11 is 7.73. The molecule has 1 aromatic rings. The van der Waals surface area contributed by atoms with E-state index in [4.69, 9.17) is 16.7 Å². The molecule has 1 atom stereocenters. The minimum atomic E-state index is -1.09. The summed E-state index contributed by atoms with van der Waals surface area (Å²) in [6.07, 6.45) is 1.13. The third-order valence-corrected chi connectivity index (χ3v) is 4.58. The van der Waals surface area contributed by atoms with Gasteiger partial charge in [-0.05, 0) is 42.0 Å². The van der Waals surface area contributed by atoms with Crippen LogP contribution in [-0.2, 0) is 0 Å². The van der Waals surface area contributed by atoms with Gasteiger partial charge in [0.1, 0.15) is 0 Å². The Morgan fingerprint density at radius 3 is 2.85 bits per heavy atom. The Hall–Kier alpha value is -1.40. The van der Waals surface area contributed by atoms with E-state index in [0.717, 1.165) is 17.9 Å². The van der Waals surface area contributed by atoms with E-state index >= 15 is 0 Å². The van der Waals surface area contributed by atoms with Gasteiger partial charge in [0, 0.05) is 12.2 Å². The van der Waals surface area contributed by atoms with Crippen LogP contribution < -0.4 is 10.6 Å². The number of hydrogen-bond donors (Lipinski definition) is 3. The standard InChI is InChI=1S/C13H15ClN2O3S/c14-11-5-9(1-2-10(11)12(17)18)16-13(19)15-6-8-3-4-20-7-8/h1-2,5,8H,3-4,6-7H2,(H,17,18)(H2,15,16,19). The predicted molar refractivity (Wildman–Crippen MR) is 80.9 cm³/mol. The van der Waals surface area contributed by atoms with Gasteiger partial charge in [0.05, 0.1) is 10.6 Å². The van der Waals surface area contributed by atoms with Crippen LogP contribution in [0.15, 0.2) is 18.2 Å². The predicted octanol–water partition coefficient (Wildman–Crippen LogP) is 2.91. The van der Waals surface area contributed by atoms with E-state index in [-0.39, 0.29) is 16.6 Å². The highest BCUT2D eigenvalue weighted by Gasteiger charge is 2.16. The molecule has 0 saturated carbocycles. The van der Waals surface area contributed by atoms with Gasteiger partial charge in [-0.25, -0.2) is 9.59 Å². The van der Waals surface area contributed by atoms with Crippen molar-refractivity contribution in [2.24, 2.45) is 5.92 Å². The number of benzene rings is 1. The maximum Gasteiger partial charge on any atom is 0.337 e. The molecule has 1 aliphatic heterocycles. The number of anilines is 1. The van der Waals surface area contributed by atoms with Crippen molar-refractivity contribution in [3.63, 3.8) is 0 Å². The fourth-order valence-corrected chi connectivity index (χ4v) is 3.47. The highest BCUT2D eigenvalue weighted by molar-refractivity contribution is 7.99. The molecule has 2 amide bonds. The molecule has 0 aliphatic carbocycles. The number of carbonyl (C=O) groups excluding carboxylic acids is 1. The topological polar surface area (TPSA) is 78.4 Å². The summed E-state index contributed by atoms with van der Waals surface area (Å²) in [6, 6.07) is 4.01. The zero-order chi connectivity index (χ0) is 14.5. The number of urea groups is 1. The number of rotatable bonds is 4. The van der Waals surface area contributed by atoms with Gasteiger partial charge in [0.15, 0.2) is 0 Å². The van der Waals surface area contributed by atoms with Crippen LogP contribution in [0, 0.1) is 5.92 Å². The van der Waals surface area contributed by atoms with Gasteiger partial charge in [0.25, 0.3) is 0 Å². The van der Waals surface area contributed by atoms with Gasteiger partial charge in [-0.1, -0.05) is 11.6 Å². The zero-order valence-electron chi connectivity index (χ0n) is 10.7. The van der Waals surface area contributed by atoms with Gasteiger partial charge in [-0.3, -0.25) is 0 Å². The molecule has 20 heavy (non-hydrogen) atoms. The maximum absolute atomic E-state index is 11.7. The molecular formula is C13H15ClN2O3S. The van der Waals surface area contributed by atoms with Crippen LogP contribution in [0.4, 0.5) is 10.5 Å². The van der Waals surface area contributed by atoms with Gasteiger partial charge in [0.2, 0.25) is 0 Å². The Bertz CT molecular complexity index is 518. The summed E-state index contributed by atoms with van der Waals surface area (Å²) in [5.74, 6) is 1.67. The fourth-order valence-electron chi connectivity index (χ4n) is 1.92. The van der Waals surface area contributed by atoms with Gasteiger partial charge in [-0.2, -0.15) is 11.8 Å². The molecule has 1 unspecified atom stereocenters. The summed E-state index contributed by atoms with van der Waals surface area (Å²) < 4.78 is 0. The number of thioether (sulfide) groups is 1. The largest absolute Gasteiger partial charge is 0.478 e. The number of hydrogen-bond acceptors (Lipinski definition) is 3. The molecule has 5 nitrogen and oxygen atoms in total. The Labute approximate surface area is 126 Å². The average molecular weight is 315 g/mol. The van der Waals surface area contributed by atoms with Crippen molar-refractivity contribution in [2.45, 2.75) is 6.42 Å². The van der Waals surface area contributed by atoms with Crippen molar-refractivity contribution in [3.8, 4) is 0 Å². The summed E-state index contributed by atoms with van der Waals surface area (Å²) in [7, 11) is 0. The van der Waals surface area contributed by atoms with Crippen molar-refractivity contribution in [1.29, 1.82) is 0 Å². The molecule has 0 bridgehead atoms. The molecule has 0 aromatic heterocycles. The van der Waals surface area contributed by atoms with E-state index < -0.39 is 5.97 Å². The molecular weight excluding hydrogens is 300 g/mol. The van der Waals surface area contributed by atoms with Crippen LogP contribution in [0.25, 0.3) is 0 Å². The number of carboxylic acids is 1. The van der Waals surface area contributed by atoms with Gasteiger partial charge >= 0.3 is 12.0 Å². The molecule has 1 aliphatic rings. The van der Waals surface area contributed by atoms with E-state index in [1.807, 2.05) is 11.8 Å². The molecule has 7 heteroatoms. The fraction of sp³-hybridized carbons (Fsp3) is 0.385. The van der Waals surface area contributed by atoms with Crippen molar-refractivity contribution < 1.29 is 14.7 Å². The smallest absolute Gasteiger partial charge is 0.337 e. The maximum atomic E-state index is 11.7. The molecule has 108 valence electrons. The third kappa shape index (κ3) is 4.05. The lowest BCUT2D eigenvalue weighted by molar-refractivity contribution is 0.0697. The quantitative estimate of drug-likeness (QED) is 0.798. The first kappa shape index (κ1) is 15.0. The Kier molecular flexibility index (Phi) is 5.14. The van der Waals surface area contributed by atoms with E-state index in [1.165, 1.54) is 18.2 Å². The highest BCUT2D eigenvalue weighted by Crippen LogP contribution is 2.23. The van der Waals surface area contributed by atoms with Crippen LogP contribution in [0.3, 0.4) is 0 Å². The highest BCUT2D eigenvalue weighted by atomic mass is 35.5. The second-order valence-electron chi connectivity index (χ2n) is 4.56. The molecule has 0 spiro atoms. The summed E-state index contributed by atoms with van der Waals surface area (Å²) in [5.41, 5.74) is 0.485. The van der Waals surface area contributed by atoms with Crippen LogP contribution in [0.2, 0.25) is 5.02 Å². The van der Waals surface area contributed by atoms with Crippen molar-refractivity contribution in [2.75, 3.05) is 23.4 Å². The Morgan fingerprint density at radius 2 is 2.25 bits per heavy atom. The molecule has 1 aromatic carbocycles. The first-order chi connectivity index (χ1) is 9.56. The first-order valence-corrected chi connectivity index (χ1v) is 7.75. The number of nitrogens with one attached hydrogen (secondary N) is 2. The number of amides is 2. The second kappa shape index (κ2) is 6.85. The van der Waals surface area contributed by atoms with Crippen LogP contribution >= 0.6 is 23.4 Å². The normalized spacial score (nSPS) is 17.8. The number of carbonyl (C=O) groups is 2. The number of halogens is 1. The molecule has 1 saturated heterocycles. The van der Waals surface area contributed by atoms with E-state index in [9.17, 15) is 9.59 Å². The summed E-state index contributed by atoms with van der Waals surface area (Å²) in [4.78, 5) is 22.5. The lowest BCUT2D eigenvalue weighted by atomic mass is 10.1. The molecule has 3 N–H and O–H groups in total. The third-order valence-electron chi connectivity index (χ3n) is 3.03. The van der Waals surface area contributed by atoms with Crippen molar-refractivity contribution in [1.82, 2.24) is 5.32 Å². The van der Waals surface area contributed by atoms with E-state index in [2.05, 4.69) is 10.6 Å².